The van der Waals surface area contributed by atoms with Gasteiger partial charge < -0.3 is 15.1 Å². The Bertz CT molecular complexity index is 1090. The van der Waals surface area contributed by atoms with Crippen LogP contribution in [0.3, 0.4) is 0 Å². The molecule has 1 N–H and O–H groups in total. The summed E-state index contributed by atoms with van der Waals surface area (Å²) in [6.07, 6.45) is 6.03. The molecule has 1 fully saturated rings. The lowest BCUT2D eigenvalue weighted by Crippen LogP contribution is -2.33. The molecular weight excluding hydrogens is 399 g/mol. The number of likely N-dealkylation sites (tertiary alicyclic amines) is 1. The van der Waals surface area contributed by atoms with Gasteiger partial charge in [0.25, 0.3) is 0 Å². The first-order chi connectivity index (χ1) is 15.7. The summed E-state index contributed by atoms with van der Waals surface area (Å²) in [7, 11) is 0. The summed E-state index contributed by atoms with van der Waals surface area (Å²) in [4.78, 5) is 9.89. The van der Waals surface area contributed by atoms with E-state index in [4.69, 9.17) is 4.98 Å². The maximum absolute atomic E-state index is 13.9. The third-order valence-electron chi connectivity index (χ3n) is 6.87. The van der Waals surface area contributed by atoms with E-state index in [2.05, 4.69) is 46.3 Å². The molecular formula is C27H33FN4. The van der Waals surface area contributed by atoms with Crippen LogP contribution in [-0.2, 0) is 13.0 Å². The summed E-state index contributed by atoms with van der Waals surface area (Å²) >= 11 is 0. The van der Waals surface area contributed by atoms with E-state index >= 15 is 0 Å². The minimum absolute atomic E-state index is 0.160. The Morgan fingerprint density at radius 1 is 0.938 bits per heavy atom. The molecule has 4 nitrogen and oxygen atoms in total. The number of rotatable bonds is 5. The molecule has 0 unspecified atom stereocenters. The van der Waals surface area contributed by atoms with Crippen LogP contribution in [0.5, 0.6) is 0 Å². The summed E-state index contributed by atoms with van der Waals surface area (Å²) in [5, 5.41) is 4.89. The second kappa shape index (κ2) is 9.45. The fourth-order valence-electron chi connectivity index (χ4n) is 5.09. The third kappa shape index (κ3) is 4.73. The van der Waals surface area contributed by atoms with Gasteiger partial charge in [-0.3, -0.25) is 0 Å². The SMILES string of the molecule is Cc1ccc2nc(N3CCCc4ccc(F)cc4C3)cc(NCCN3CCCCC3)c2c1. The van der Waals surface area contributed by atoms with Gasteiger partial charge in [0, 0.05) is 43.3 Å². The predicted molar refractivity (Wildman–Crippen MR) is 131 cm³/mol. The molecule has 2 aromatic carbocycles. The molecule has 0 amide bonds. The first-order valence-electron chi connectivity index (χ1n) is 12.1. The molecule has 5 heteroatoms. The molecule has 2 aliphatic heterocycles. The van der Waals surface area contributed by atoms with Crippen LogP contribution in [0.15, 0.2) is 42.5 Å². The highest BCUT2D eigenvalue weighted by atomic mass is 19.1. The molecule has 0 bridgehead atoms. The molecule has 5 rings (SSSR count). The van der Waals surface area contributed by atoms with Crippen molar-refractivity contribution in [2.45, 2.75) is 45.6 Å². The predicted octanol–water partition coefficient (Wildman–Crippen LogP) is 5.53. The number of nitrogens with zero attached hydrogens (tertiary/aromatic N) is 3. The smallest absolute Gasteiger partial charge is 0.131 e. The number of nitrogens with one attached hydrogen (secondary N) is 1. The maximum Gasteiger partial charge on any atom is 0.131 e. The van der Waals surface area contributed by atoms with Crippen LogP contribution in [0.4, 0.5) is 15.9 Å². The van der Waals surface area contributed by atoms with Gasteiger partial charge in [0.2, 0.25) is 0 Å². The number of fused-ring (bicyclic) bond motifs is 2. The molecule has 3 aromatic rings. The van der Waals surface area contributed by atoms with Gasteiger partial charge in [-0.05, 0) is 81.1 Å². The molecule has 0 atom stereocenters. The van der Waals surface area contributed by atoms with E-state index in [0.717, 1.165) is 55.1 Å². The Balaban J connectivity index is 1.42. The Hall–Kier alpha value is -2.66. The van der Waals surface area contributed by atoms with Crippen LogP contribution < -0.4 is 10.2 Å². The first-order valence-corrected chi connectivity index (χ1v) is 12.1. The second-order valence-corrected chi connectivity index (χ2v) is 9.32. The van der Waals surface area contributed by atoms with Crippen molar-refractivity contribution < 1.29 is 4.39 Å². The summed E-state index contributed by atoms with van der Waals surface area (Å²) in [6, 6.07) is 13.9. The number of aromatic nitrogens is 1. The number of hydrogen-bond acceptors (Lipinski definition) is 4. The van der Waals surface area contributed by atoms with Crippen molar-refractivity contribution in [2.24, 2.45) is 0 Å². The number of aryl methyl sites for hydroxylation is 2. The van der Waals surface area contributed by atoms with Crippen molar-refractivity contribution in [1.82, 2.24) is 9.88 Å². The molecule has 0 spiro atoms. The Kier molecular flexibility index (Phi) is 6.26. The molecule has 3 heterocycles. The quantitative estimate of drug-likeness (QED) is 0.574. The summed E-state index contributed by atoms with van der Waals surface area (Å²) in [5.74, 6) is 0.812. The highest BCUT2D eigenvalue weighted by Crippen LogP contribution is 2.30. The zero-order valence-corrected chi connectivity index (χ0v) is 19.0. The van der Waals surface area contributed by atoms with E-state index in [1.165, 1.54) is 48.9 Å². The van der Waals surface area contributed by atoms with Gasteiger partial charge in [-0.25, -0.2) is 9.37 Å². The van der Waals surface area contributed by atoms with Crippen molar-refractivity contribution in [3.05, 3.63) is 65.0 Å². The fourth-order valence-corrected chi connectivity index (χ4v) is 5.09. The maximum atomic E-state index is 13.9. The van der Waals surface area contributed by atoms with Gasteiger partial charge in [-0.2, -0.15) is 0 Å². The Morgan fingerprint density at radius 2 is 1.81 bits per heavy atom. The van der Waals surface area contributed by atoms with Gasteiger partial charge in [-0.1, -0.05) is 24.1 Å². The number of piperidine rings is 1. The lowest BCUT2D eigenvalue weighted by molar-refractivity contribution is 0.237. The fraction of sp³-hybridized carbons (Fsp3) is 0.444. The first kappa shape index (κ1) is 21.2. The van der Waals surface area contributed by atoms with Crippen LogP contribution in [0.25, 0.3) is 10.9 Å². The van der Waals surface area contributed by atoms with E-state index in [0.29, 0.717) is 6.54 Å². The van der Waals surface area contributed by atoms with E-state index in [-0.39, 0.29) is 5.82 Å². The van der Waals surface area contributed by atoms with E-state index in [9.17, 15) is 4.39 Å². The number of pyridine rings is 1. The van der Waals surface area contributed by atoms with Gasteiger partial charge in [0.05, 0.1) is 5.52 Å². The monoisotopic (exact) mass is 432 g/mol. The highest BCUT2D eigenvalue weighted by Gasteiger charge is 2.18. The normalized spacial score (nSPS) is 17.2. The van der Waals surface area contributed by atoms with Gasteiger partial charge in [-0.15, -0.1) is 0 Å². The lowest BCUT2D eigenvalue weighted by Gasteiger charge is -2.27. The number of benzene rings is 2. The standard InChI is InChI=1S/C27H33FN4/c1-20-7-10-25-24(16-20)26(29-11-15-31-12-3-2-4-13-31)18-27(30-25)32-14-5-6-21-8-9-23(28)17-22(21)19-32/h7-10,16-18H,2-6,11-15,19H2,1H3,(H,29,30). The summed E-state index contributed by atoms with van der Waals surface area (Å²) in [5.41, 5.74) is 5.73. The third-order valence-corrected chi connectivity index (χ3v) is 6.87. The van der Waals surface area contributed by atoms with Crippen molar-refractivity contribution in [3.8, 4) is 0 Å². The Morgan fingerprint density at radius 3 is 2.69 bits per heavy atom. The van der Waals surface area contributed by atoms with E-state index in [1.807, 2.05) is 6.07 Å². The second-order valence-electron chi connectivity index (χ2n) is 9.32. The van der Waals surface area contributed by atoms with Crippen LogP contribution in [0.1, 0.15) is 42.4 Å². The van der Waals surface area contributed by atoms with Crippen molar-refractivity contribution >= 4 is 22.4 Å². The lowest BCUT2D eigenvalue weighted by atomic mass is 10.0. The summed E-state index contributed by atoms with van der Waals surface area (Å²) in [6.45, 7) is 8.19. The van der Waals surface area contributed by atoms with E-state index < -0.39 is 0 Å². The van der Waals surface area contributed by atoms with Gasteiger partial charge in [0.15, 0.2) is 0 Å². The van der Waals surface area contributed by atoms with Crippen LogP contribution >= 0.6 is 0 Å². The average molecular weight is 433 g/mol. The number of halogens is 1. The van der Waals surface area contributed by atoms with Crippen molar-refractivity contribution in [3.63, 3.8) is 0 Å². The molecule has 2 aliphatic rings. The highest BCUT2D eigenvalue weighted by molar-refractivity contribution is 5.93. The molecule has 1 aromatic heterocycles. The van der Waals surface area contributed by atoms with E-state index in [1.54, 1.807) is 12.1 Å². The number of hydrogen-bond donors (Lipinski definition) is 1. The van der Waals surface area contributed by atoms with Crippen molar-refractivity contribution in [2.75, 3.05) is 42.9 Å². The minimum Gasteiger partial charge on any atom is -0.383 e. The van der Waals surface area contributed by atoms with Crippen LogP contribution in [0, 0.1) is 12.7 Å². The van der Waals surface area contributed by atoms with Gasteiger partial charge >= 0.3 is 0 Å². The zero-order chi connectivity index (χ0) is 21.9. The molecule has 32 heavy (non-hydrogen) atoms. The van der Waals surface area contributed by atoms with Gasteiger partial charge in [0.1, 0.15) is 11.6 Å². The van der Waals surface area contributed by atoms with Crippen LogP contribution in [0.2, 0.25) is 0 Å². The molecule has 0 saturated carbocycles. The number of anilines is 2. The van der Waals surface area contributed by atoms with Crippen LogP contribution in [-0.4, -0.2) is 42.6 Å². The Labute approximate surface area is 190 Å². The zero-order valence-electron chi connectivity index (χ0n) is 19.0. The average Bonchev–Trinajstić information content (AvgIpc) is 3.02. The largest absolute Gasteiger partial charge is 0.383 e. The minimum atomic E-state index is -0.160. The molecule has 1 saturated heterocycles. The topological polar surface area (TPSA) is 31.4 Å². The molecule has 0 aliphatic carbocycles. The molecule has 168 valence electrons. The molecule has 0 radical (unpaired) electrons. The van der Waals surface area contributed by atoms with Crippen molar-refractivity contribution in [1.29, 1.82) is 0 Å². The summed E-state index contributed by atoms with van der Waals surface area (Å²) < 4.78 is 13.9.